The van der Waals surface area contributed by atoms with Crippen molar-refractivity contribution in [3.8, 4) is 0 Å². The number of piperazine rings is 1. The van der Waals surface area contributed by atoms with Crippen LogP contribution in [-0.4, -0.2) is 59.7 Å². The number of anilines is 1. The Morgan fingerprint density at radius 1 is 1.14 bits per heavy atom. The number of nitrogens with two attached hydrogens (primary N) is 1. The highest BCUT2D eigenvalue weighted by Gasteiger charge is 2.28. The minimum Gasteiger partial charge on any atom is -0.366 e. The fraction of sp³-hybridized carbons (Fsp3) is 0.350. The number of primary amides is 1. The van der Waals surface area contributed by atoms with Crippen LogP contribution in [0.5, 0.6) is 0 Å². The van der Waals surface area contributed by atoms with Crippen LogP contribution in [0.4, 0.5) is 9.39 Å². The van der Waals surface area contributed by atoms with Gasteiger partial charge in [0, 0.05) is 26.2 Å². The molecule has 0 spiro atoms. The highest BCUT2D eigenvalue weighted by atomic mass is 32.1. The van der Waals surface area contributed by atoms with Crippen molar-refractivity contribution in [2.75, 3.05) is 31.5 Å². The number of halogens is 1. The number of carbonyl (C=O) groups is 3. The lowest BCUT2D eigenvalue weighted by molar-refractivity contribution is -0.133. The van der Waals surface area contributed by atoms with Crippen molar-refractivity contribution in [1.82, 2.24) is 9.80 Å². The summed E-state index contributed by atoms with van der Waals surface area (Å²) in [6, 6.07) is 7.09. The molecule has 1 aromatic heterocycles. The Labute approximate surface area is 172 Å². The molecule has 2 heterocycles. The summed E-state index contributed by atoms with van der Waals surface area (Å²) >= 11 is 1.25. The molecule has 29 heavy (non-hydrogen) atoms. The Hall–Kier alpha value is -2.78. The predicted molar refractivity (Wildman–Crippen MR) is 109 cm³/mol. The maximum atomic E-state index is 13.0. The van der Waals surface area contributed by atoms with E-state index in [0.29, 0.717) is 36.7 Å². The topological polar surface area (TPSA) is 95.7 Å². The summed E-state index contributed by atoms with van der Waals surface area (Å²) in [6.07, 6.45) is 0.227. The number of nitrogens with one attached hydrogen (secondary N) is 1. The van der Waals surface area contributed by atoms with Crippen LogP contribution < -0.4 is 11.1 Å². The van der Waals surface area contributed by atoms with E-state index in [-0.39, 0.29) is 24.1 Å². The van der Waals surface area contributed by atoms with Crippen molar-refractivity contribution in [1.29, 1.82) is 0 Å². The third kappa shape index (κ3) is 5.18. The van der Waals surface area contributed by atoms with Gasteiger partial charge in [0.1, 0.15) is 10.8 Å². The Kier molecular flexibility index (Phi) is 6.60. The molecule has 0 bridgehead atoms. The predicted octanol–water partition coefficient (Wildman–Crippen LogP) is 1.70. The van der Waals surface area contributed by atoms with E-state index in [1.807, 2.05) is 4.90 Å². The number of thiophene rings is 1. The lowest BCUT2D eigenvalue weighted by Gasteiger charge is -2.37. The van der Waals surface area contributed by atoms with Gasteiger partial charge >= 0.3 is 0 Å². The first kappa shape index (κ1) is 20.9. The molecule has 1 unspecified atom stereocenters. The van der Waals surface area contributed by atoms with Crippen LogP contribution >= 0.6 is 11.3 Å². The average Bonchev–Trinajstić information content (AvgIpc) is 3.17. The Morgan fingerprint density at radius 3 is 2.41 bits per heavy atom. The quantitative estimate of drug-likeness (QED) is 0.746. The van der Waals surface area contributed by atoms with Crippen molar-refractivity contribution in [2.45, 2.75) is 19.4 Å². The van der Waals surface area contributed by atoms with E-state index in [1.54, 1.807) is 35.4 Å². The molecule has 3 N–H and O–H groups in total. The standard InChI is InChI=1S/C20H23FN4O3S/c1-13(19(28)23-20-16(18(22)27)6-11-29-20)24-7-9-25(10-8-24)17(26)12-14-2-4-15(21)5-3-14/h2-6,11,13H,7-10,12H2,1H3,(H2,22,27)(H,23,28). The summed E-state index contributed by atoms with van der Waals surface area (Å²) < 4.78 is 13.0. The van der Waals surface area contributed by atoms with Gasteiger partial charge in [0.2, 0.25) is 11.8 Å². The van der Waals surface area contributed by atoms with E-state index >= 15 is 0 Å². The maximum absolute atomic E-state index is 13.0. The Bertz CT molecular complexity index is 891. The molecule has 2 aromatic rings. The summed E-state index contributed by atoms with van der Waals surface area (Å²) in [4.78, 5) is 40.2. The third-order valence-corrected chi connectivity index (χ3v) is 5.86. The van der Waals surface area contributed by atoms with Gasteiger partial charge in [-0.1, -0.05) is 12.1 Å². The van der Waals surface area contributed by atoms with Crippen LogP contribution in [-0.2, 0) is 16.0 Å². The smallest absolute Gasteiger partial charge is 0.251 e. The van der Waals surface area contributed by atoms with Gasteiger partial charge in [-0.25, -0.2) is 4.39 Å². The number of hydrogen-bond donors (Lipinski definition) is 2. The lowest BCUT2D eigenvalue weighted by Crippen LogP contribution is -2.54. The van der Waals surface area contributed by atoms with Gasteiger partial charge in [-0.2, -0.15) is 0 Å². The molecule has 0 aliphatic carbocycles. The lowest BCUT2D eigenvalue weighted by atomic mass is 10.1. The highest BCUT2D eigenvalue weighted by molar-refractivity contribution is 7.14. The summed E-state index contributed by atoms with van der Waals surface area (Å²) in [6.45, 7) is 3.96. The van der Waals surface area contributed by atoms with E-state index in [0.717, 1.165) is 5.56 Å². The minimum atomic E-state index is -0.581. The molecule has 3 rings (SSSR count). The summed E-state index contributed by atoms with van der Waals surface area (Å²) in [7, 11) is 0. The fourth-order valence-electron chi connectivity index (χ4n) is 3.23. The normalized spacial score (nSPS) is 15.7. The zero-order chi connectivity index (χ0) is 21.0. The van der Waals surface area contributed by atoms with Crippen LogP contribution in [0.1, 0.15) is 22.8 Å². The molecule has 1 aliphatic heterocycles. The van der Waals surface area contributed by atoms with Crippen LogP contribution in [0.3, 0.4) is 0 Å². The molecule has 0 radical (unpaired) electrons. The molecule has 1 aromatic carbocycles. The van der Waals surface area contributed by atoms with Crippen LogP contribution in [0.15, 0.2) is 35.7 Å². The van der Waals surface area contributed by atoms with Crippen molar-refractivity contribution >= 4 is 34.1 Å². The van der Waals surface area contributed by atoms with E-state index in [4.69, 9.17) is 5.73 Å². The first-order valence-corrected chi connectivity index (χ1v) is 10.2. The van der Waals surface area contributed by atoms with Crippen molar-refractivity contribution in [3.63, 3.8) is 0 Å². The second-order valence-corrected chi connectivity index (χ2v) is 7.83. The van der Waals surface area contributed by atoms with Crippen LogP contribution in [0.2, 0.25) is 0 Å². The molecule has 3 amide bonds. The molecular weight excluding hydrogens is 395 g/mol. The zero-order valence-electron chi connectivity index (χ0n) is 16.1. The van der Waals surface area contributed by atoms with E-state index in [2.05, 4.69) is 5.32 Å². The second-order valence-electron chi connectivity index (χ2n) is 6.91. The summed E-state index contributed by atoms with van der Waals surface area (Å²) in [5.74, 6) is -1.14. The zero-order valence-corrected chi connectivity index (χ0v) is 16.9. The van der Waals surface area contributed by atoms with Gasteiger partial charge in [0.15, 0.2) is 0 Å². The van der Waals surface area contributed by atoms with Gasteiger partial charge < -0.3 is 16.0 Å². The largest absolute Gasteiger partial charge is 0.366 e. The van der Waals surface area contributed by atoms with Crippen molar-refractivity contribution < 1.29 is 18.8 Å². The van der Waals surface area contributed by atoms with Crippen molar-refractivity contribution in [3.05, 3.63) is 52.7 Å². The number of hydrogen-bond acceptors (Lipinski definition) is 5. The molecule has 1 saturated heterocycles. The highest BCUT2D eigenvalue weighted by Crippen LogP contribution is 2.23. The maximum Gasteiger partial charge on any atom is 0.251 e. The van der Waals surface area contributed by atoms with Gasteiger partial charge in [-0.15, -0.1) is 11.3 Å². The van der Waals surface area contributed by atoms with Crippen LogP contribution in [0.25, 0.3) is 0 Å². The number of amides is 3. The molecule has 1 atom stereocenters. The molecule has 0 saturated carbocycles. The van der Waals surface area contributed by atoms with E-state index in [9.17, 15) is 18.8 Å². The molecule has 7 nitrogen and oxygen atoms in total. The first-order chi connectivity index (χ1) is 13.8. The molecular formula is C20H23FN4O3S. The molecule has 1 aliphatic rings. The molecule has 1 fully saturated rings. The van der Waals surface area contributed by atoms with Gasteiger partial charge in [-0.05, 0) is 36.1 Å². The first-order valence-electron chi connectivity index (χ1n) is 9.29. The molecule has 9 heteroatoms. The number of carbonyl (C=O) groups excluding carboxylic acids is 3. The summed E-state index contributed by atoms with van der Waals surface area (Å²) in [5, 5.41) is 4.91. The SMILES string of the molecule is CC(C(=O)Nc1sccc1C(N)=O)N1CCN(C(=O)Cc2ccc(F)cc2)CC1. The second kappa shape index (κ2) is 9.15. The van der Waals surface area contributed by atoms with Crippen molar-refractivity contribution in [2.24, 2.45) is 5.73 Å². The van der Waals surface area contributed by atoms with E-state index < -0.39 is 11.9 Å². The van der Waals surface area contributed by atoms with Gasteiger partial charge in [-0.3, -0.25) is 19.3 Å². The monoisotopic (exact) mass is 418 g/mol. The van der Waals surface area contributed by atoms with E-state index in [1.165, 1.54) is 23.5 Å². The number of rotatable bonds is 6. The minimum absolute atomic E-state index is 0.0157. The van der Waals surface area contributed by atoms with Crippen LogP contribution in [0, 0.1) is 5.82 Å². The van der Waals surface area contributed by atoms with Gasteiger partial charge in [0.05, 0.1) is 18.0 Å². The van der Waals surface area contributed by atoms with Gasteiger partial charge in [0.25, 0.3) is 5.91 Å². The fourth-order valence-corrected chi connectivity index (χ4v) is 4.02. The number of benzene rings is 1. The summed E-state index contributed by atoms with van der Waals surface area (Å²) in [5.41, 5.74) is 6.38. The average molecular weight is 418 g/mol. The Morgan fingerprint density at radius 2 is 1.79 bits per heavy atom. The molecule has 154 valence electrons. The third-order valence-electron chi connectivity index (χ3n) is 5.03. The number of nitrogens with zero attached hydrogens (tertiary/aromatic N) is 2. The Balaban J connectivity index is 1.50.